The summed E-state index contributed by atoms with van der Waals surface area (Å²) in [6, 6.07) is 9.18. The van der Waals surface area contributed by atoms with Crippen LogP contribution in [0.15, 0.2) is 30.3 Å². The molecule has 0 bridgehead atoms. The Labute approximate surface area is 94.2 Å². The second kappa shape index (κ2) is 5.09. The lowest BCUT2D eigenvalue weighted by molar-refractivity contribution is -0.147. The van der Waals surface area contributed by atoms with E-state index in [0.29, 0.717) is 13.0 Å². The average molecular weight is 221 g/mol. The van der Waals surface area contributed by atoms with Gasteiger partial charge in [0.05, 0.1) is 6.10 Å². The molecule has 0 aliphatic carbocycles. The molecule has 4 nitrogen and oxygen atoms in total. The number of carbonyl (C=O) groups excluding carboxylic acids is 1. The fourth-order valence-electron chi connectivity index (χ4n) is 1.73. The van der Waals surface area contributed by atoms with Crippen molar-refractivity contribution in [2.24, 2.45) is 0 Å². The van der Waals surface area contributed by atoms with E-state index in [0.717, 1.165) is 5.56 Å². The molecule has 1 saturated heterocycles. The number of benzene rings is 1. The Morgan fingerprint density at radius 2 is 2.19 bits per heavy atom. The molecule has 0 aromatic heterocycles. The van der Waals surface area contributed by atoms with Crippen LogP contribution < -0.4 is 5.32 Å². The van der Waals surface area contributed by atoms with Crippen molar-refractivity contribution in [2.45, 2.75) is 25.2 Å². The van der Waals surface area contributed by atoms with E-state index in [9.17, 15) is 9.90 Å². The van der Waals surface area contributed by atoms with Gasteiger partial charge in [0.2, 0.25) is 0 Å². The van der Waals surface area contributed by atoms with Gasteiger partial charge in [-0.3, -0.25) is 4.79 Å². The third-order valence-corrected chi connectivity index (χ3v) is 2.62. The van der Waals surface area contributed by atoms with Crippen LogP contribution in [-0.4, -0.2) is 29.8 Å². The van der Waals surface area contributed by atoms with E-state index < -0.39 is 6.10 Å². The molecule has 86 valence electrons. The van der Waals surface area contributed by atoms with Gasteiger partial charge >= 0.3 is 5.97 Å². The maximum atomic E-state index is 11.6. The third kappa shape index (κ3) is 2.81. The molecule has 16 heavy (non-hydrogen) atoms. The van der Waals surface area contributed by atoms with Crippen molar-refractivity contribution in [1.82, 2.24) is 5.32 Å². The van der Waals surface area contributed by atoms with Crippen LogP contribution in [0.2, 0.25) is 0 Å². The average Bonchev–Trinajstić information content (AvgIpc) is 2.74. The minimum atomic E-state index is -0.436. The van der Waals surface area contributed by atoms with Gasteiger partial charge in [-0.2, -0.15) is 0 Å². The fraction of sp³-hybridized carbons (Fsp3) is 0.417. The second-order valence-electron chi connectivity index (χ2n) is 3.94. The highest BCUT2D eigenvalue weighted by atomic mass is 16.5. The van der Waals surface area contributed by atoms with Crippen molar-refractivity contribution in [2.75, 3.05) is 6.54 Å². The van der Waals surface area contributed by atoms with Gasteiger partial charge < -0.3 is 15.2 Å². The SMILES string of the molecule is O=C(OCc1ccccc1)[C@H]1C[C@H](O)CN1. The summed E-state index contributed by atoms with van der Waals surface area (Å²) in [7, 11) is 0. The highest BCUT2D eigenvalue weighted by Gasteiger charge is 2.29. The summed E-state index contributed by atoms with van der Waals surface area (Å²) in [5.41, 5.74) is 0.967. The van der Waals surface area contributed by atoms with Crippen LogP contribution in [-0.2, 0) is 16.1 Å². The van der Waals surface area contributed by atoms with Crippen LogP contribution in [0.1, 0.15) is 12.0 Å². The second-order valence-corrected chi connectivity index (χ2v) is 3.94. The standard InChI is InChI=1S/C12H15NO3/c14-10-6-11(13-7-10)12(15)16-8-9-4-2-1-3-5-9/h1-5,10-11,13-14H,6-8H2/t10-,11+/m0/s1. The third-order valence-electron chi connectivity index (χ3n) is 2.62. The molecule has 1 heterocycles. The van der Waals surface area contributed by atoms with Crippen LogP contribution in [0.3, 0.4) is 0 Å². The molecule has 1 aromatic carbocycles. The molecular weight excluding hydrogens is 206 g/mol. The summed E-state index contributed by atoms with van der Waals surface area (Å²) in [5.74, 6) is -0.291. The molecule has 2 rings (SSSR count). The minimum absolute atomic E-state index is 0.286. The predicted octanol–water partition coefficient (Wildman–Crippen LogP) is 0.453. The monoisotopic (exact) mass is 221 g/mol. The zero-order valence-electron chi connectivity index (χ0n) is 8.93. The highest BCUT2D eigenvalue weighted by molar-refractivity contribution is 5.76. The van der Waals surface area contributed by atoms with Gasteiger partial charge in [0.25, 0.3) is 0 Å². The fourth-order valence-corrected chi connectivity index (χ4v) is 1.73. The van der Waals surface area contributed by atoms with Gasteiger partial charge in [-0.05, 0) is 5.56 Å². The van der Waals surface area contributed by atoms with Gasteiger partial charge in [-0.25, -0.2) is 0 Å². The summed E-state index contributed by atoms with van der Waals surface area (Å²) in [4.78, 5) is 11.6. The number of esters is 1. The molecule has 0 amide bonds. The summed E-state index contributed by atoms with van der Waals surface area (Å²) in [5, 5.41) is 12.2. The Kier molecular flexibility index (Phi) is 3.54. The van der Waals surface area contributed by atoms with Crippen molar-refractivity contribution in [3.8, 4) is 0 Å². The van der Waals surface area contributed by atoms with E-state index in [1.807, 2.05) is 30.3 Å². The number of nitrogens with one attached hydrogen (secondary N) is 1. The van der Waals surface area contributed by atoms with E-state index in [-0.39, 0.29) is 18.6 Å². The minimum Gasteiger partial charge on any atom is -0.460 e. The van der Waals surface area contributed by atoms with E-state index in [1.165, 1.54) is 0 Å². The van der Waals surface area contributed by atoms with Gasteiger partial charge in [0, 0.05) is 13.0 Å². The Hall–Kier alpha value is -1.39. The number of β-amino-alcohol motifs (C(OH)–C–C–N with tert-alkyl or cyclic N) is 1. The van der Waals surface area contributed by atoms with E-state index in [2.05, 4.69) is 5.32 Å². The van der Waals surface area contributed by atoms with Gasteiger partial charge in [-0.15, -0.1) is 0 Å². The first-order valence-corrected chi connectivity index (χ1v) is 5.38. The number of rotatable bonds is 3. The molecule has 0 saturated carbocycles. The Balaban J connectivity index is 1.80. The van der Waals surface area contributed by atoms with Gasteiger partial charge in [-0.1, -0.05) is 30.3 Å². The number of aliphatic hydroxyl groups is 1. The topological polar surface area (TPSA) is 58.6 Å². The normalized spacial score (nSPS) is 24.3. The molecule has 4 heteroatoms. The Morgan fingerprint density at radius 3 is 2.81 bits per heavy atom. The molecular formula is C12H15NO3. The molecule has 1 aliphatic rings. The molecule has 2 atom stereocenters. The summed E-state index contributed by atoms with van der Waals surface area (Å²) in [6.45, 7) is 0.749. The summed E-state index contributed by atoms with van der Waals surface area (Å²) in [6.07, 6.45) is 0.00226. The maximum absolute atomic E-state index is 11.6. The zero-order valence-corrected chi connectivity index (χ0v) is 8.93. The van der Waals surface area contributed by atoms with Crippen molar-refractivity contribution in [3.05, 3.63) is 35.9 Å². The first-order valence-electron chi connectivity index (χ1n) is 5.38. The molecule has 1 fully saturated rings. The maximum Gasteiger partial charge on any atom is 0.323 e. The van der Waals surface area contributed by atoms with Gasteiger partial charge in [0.15, 0.2) is 0 Å². The smallest absolute Gasteiger partial charge is 0.323 e. The van der Waals surface area contributed by atoms with Crippen LogP contribution >= 0.6 is 0 Å². The molecule has 0 spiro atoms. The lowest BCUT2D eigenvalue weighted by atomic mass is 10.2. The zero-order chi connectivity index (χ0) is 11.4. The van der Waals surface area contributed by atoms with Crippen molar-refractivity contribution in [3.63, 3.8) is 0 Å². The van der Waals surface area contributed by atoms with E-state index in [1.54, 1.807) is 0 Å². The molecule has 2 N–H and O–H groups in total. The molecule has 0 unspecified atom stereocenters. The first-order chi connectivity index (χ1) is 7.75. The van der Waals surface area contributed by atoms with E-state index in [4.69, 9.17) is 4.74 Å². The molecule has 1 aromatic rings. The lowest BCUT2D eigenvalue weighted by Gasteiger charge is -2.10. The largest absolute Gasteiger partial charge is 0.460 e. The molecule has 1 aliphatic heterocycles. The number of hydrogen-bond acceptors (Lipinski definition) is 4. The predicted molar refractivity (Wildman–Crippen MR) is 58.7 cm³/mol. The number of ether oxygens (including phenoxy) is 1. The lowest BCUT2D eigenvalue weighted by Crippen LogP contribution is -2.32. The van der Waals surface area contributed by atoms with Crippen molar-refractivity contribution in [1.29, 1.82) is 0 Å². The highest BCUT2D eigenvalue weighted by Crippen LogP contribution is 2.09. The number of aliphatic hydroxyl groups excluding tert-OH is 1. The molecule has 0 radical (unpaired) electrons. The Bertz CT molecular complexity index is 353. The number of hydrogen-bond donors (Lipinski definition) is 2. The van der Waals surface area contributed by atoms with Crippen LogP contribution in [0.5, 0.6) is 0 Å². The van der Waals surface area contributed by atoms with Crippen molar-refractivity contribution < 1.29 is 14.6 Å². The van der Waals surface area contributed by atoms with Crippen LogP contribution in [0.25, 0.3) is 0 Å². The number of carbonyl (C=O) groups is 1. The quantitative estimate of drug-likeness (QED) is 0.728. The van der Waals surface area contributed by atoms with Gasteiger partial charge in [0.1, 0.15) is 12.6 Å². The summed E-state index contributed by atoms with van der Waals surface area (Å²) < 4.78 is 5.15. The first kappa shape index (κ1) is 11.1. The van der Waals surface area contributed by atoms with Crippen LogP contribution in [0, 0.1) is 0 Å². The summed E-state index contributed by atoms with van der Waals surface area (Å²) >= 11 is 0. The van der Waals surface area contributed by atoms with E-state index >= 15 is 0 Å². The Morgan fingerprint density at radius 1 is 1.44 bits per heavy atom. The van der Waals surface area contributed by atoms with Crippen LogP contribution in [0.4, 0.5) is 0 Å². The van der Waals surface area contributed by atoms with Crippen molar-refractivity contribution >= 4 is 5.97 Å².